The highest BCUT2D eigenvalue weighted by molar-refractivity contribution is 5.96. The van der Waals surface area contributed by atoms with Crippen LogP contribution in [0.2, 0.25) is 0 Å². The maximum Gasteiger partial charge on any atom is 0.160 e. The summed E-state index contributed by atoms with van der Waals surface area (Å²) in [4.78, 5) is 14.2. The predicted octanol–water partition coefficient (Wildman–Crippen LogP) is 3.21. The number of carbonyl (C=O) groups excluding carboxylic acids is 1. The molecule has 1 atom stereocenters. The zero-order valence-corrected chi connectivity index (χ0v) is 13.2. The van der Waals surface area contributed by atoms with Gasteiger partial charge in [0.05, 0.1) is 13.2 Å². The number of carbonyl (C=O) groups is 1. The van der Waals surface area contributed by atoms with E-state index in [1.54, 1.807) is 0 Å². The summed E-state index contributed by atoms with van der Waals surface area (Å²) in [6.45, 7) is 5.70. The molecule has 1 saturated carbocycles. The van der Waals surface area contributed by atoms with Crippen molar-refractivity contribution in [3.05, 3.63) is 36.0 Å². The Bertz CT molecular complexity index is 545. The minimum Gasteiger partial charge on any atom is -0.378 e. The number of nitrogens with one attached hydrogen (secondary N) is 1. The molecule has 1 aliphatic heterocycles. The van der Waals surface area contributed by atoms with E-state index in [-0.39, 0.29) is 5.78 Å². The summed E-state index contributed by atoms with van der Waals surface area (Å²) < 4.78 is 5.38. The van der Waals surface area contributed by atoms with Gasteiger partial charge in [-0.15, -0.1) is 0 Å². The molecule has 0 unspecified atom stereocenters. The Kier molecular flexibility index (Phi) is 4.78. The number of rotatable bonds is 3. The summed E-state index contributed by atoms with van der Waals surface area (Å²) in [6.07, 6.45) is 4.48. The fraction of sp³-hybridized carbons (Fsp3) is 0.500. The zero-order valence-electron chi connectivity index (χ0n) is 13.2. The molecular formula is C18H24N2O2. The second-order valence-electron chi connectivity index (χ2n) is 6.23. The van der Waals surface area contributed by atoms with Crippen molar-refractivity contribution in [3.63, 3.8) is 0 Å². The van der Waals surface area contributed by atoms with Crippen LogP contribution in [0.4, 0.5) is 11.4 Å². The largest absolute Gasteiger partial charge is 0.378 e. The van der Waals surface area contributed by atoms with E-state index in [0.717, 1.165) is 50.4 Å². The maximum absolute atomic E-state index is 11.9. The third-order valence-corrected chi connectivity index (χ3v) is 4.45. The molecule has 0 aromatic heterocycles. The highest BCUT2D eigenvalue weighted by Crippen LogP contribution is 2.26. The van der Waals surface area contributed by atoms with E-state index in [2.05, 4.69) is 41.4 Å². The molecule has 1 aromatic carbocycles. The number of ketones is 1. The molecular weight excluding hydrogens is 276 g/mol. The number of hydrogen-bond acceptors (Lipinski definition) is 4. The highest BCUT2D eigenvalue weighted by atomic mass is 16.5. The van der Waals surface area contributed by atoms with Crippen molar-refractivity contribution in [1.29, 1.82) is 0 Å². The quantitative estimate of drug-likeness (QED) is 0.870. The number of anilines is 2. The summed E-state index contributed by atoms with van der Waals surface area (Å²) in [5.74, 6) is 0.894. The van der Waals surface area contributed by atoms with Crippen molar-refractivity contribution in [3.8, 4) is 0 Å². The lowest BCUT2D eigenvalue weighted by molar-refractivity contribution is -0.116. The van der Waals surface area contributed by atoms with Crippen LogP contribution in [-0.4, -0.2) is 32.1 Å². The topological polar surface area (TPSA) is 41.6 Å². The number of ether oxygens (including phenoxy) is 1. The Morgan fingerprint density at radius 3 is 2.68 bits per heavy atom. The zero-order chi connectivity index (χ0) is 15.4. The molecule has 0 bridgehead atoms. The smallest absolute Gasteiger partial charge is 0.160 e. The van der Waals surface area contributed by atoms with Crippen LogP contribution in [0.25, 0.3) is 0 Å². The third-order valence-electron chi connectivity index (χ3n) is 4.45. The van der Waals surface area contributed by atoms with Crippen molar-refractivity contribution in [2.75, 3.05) is 36.5 Å². The number of allylic oxidation sites excluding steroid dienone is 1. The van der Waals surface area contributed by atoms with E-state index in [1.807, 2.05) is 6.20 Å². The molecule has 118 valence electrons. The average molecular weight is 300 g/mol. The Morgan fingerprint density at radius 2 is 1.95 bits per heavy atom. The summed E-state index contributed by atoms with van der Waals surface area (Å²) in [7, 11) is 0. The van der Waals surface area contributed by atoms with Crippen molar-refractivity contribution in [2.45, 2.75) is 26.2 Å². The molecule has 1 N–H and O–H groups in total. The van der Waals surface area contributed by atoms with Crippen molar-refractivity contribution in [1.82, 2.24) is 0 Å². The molecule has 0 spiro atoms. The molecule has 4 heteroatoms. The lowest BCUT2D eigenvalue weighted by atomic mass is 9.86. The van der Waals surface area contributed by atoms with Crippen LogP contribution in [0.15, 0.2) is 36.0 Å². The van der Waals surface area contributed by atoms with Crippen LogP contribution >= 0.6 is 0 Å². The van der Waals surface area contributed by atoms with E-state index in [1.165, 1.54) is 5.69 Å². The van der Waals surface area contributed by atoms with Gasteiger partial charge >= 0.3 is 0 Å². The van der Waals surface area contributed by atoms with Crippen LogP contribution in [0, 0.1) is 5.92 Å². The first kappa shape index (κ1) is 15.1. The van der Waals surface area contributed by atoms with Gasteiger partial charge in [0, 0.05) is 42.7 Å². The first-order valence-corrected chi connectivity index (χ1v) is 8.14. The lowest BCUT2D eigenvalue weighted by Gasteiger charge is -2.28. The standard InChI is InChI=1S/C18H24N2O2/c1-14-2-7-18(21)15(12-14)13-19-16-3-5-17(6-4-16)20-8-10-22-11-9-20/h3-6,13-14,19H,2,7-12H2,1H3/b15-13+/t14-/m0/s1. The van der Waals surface area contributed by atoms with Gasteiger partial charge in [0.1, 0.15) is 0 Å². The molecule has 4 nitrogen and oxygen atoms in total. The Morgan fingerprint density at radius 1 is 1.23 bits per heavy atom. The van der Waals surface area contributed by atoms with Gasteiger partial charge in [-0.1, -0.05) is 6.92 Å². The molecule has 2 fully saturated rings. The van der Waals surface area contributed by atoms with E-state index in [4.69, 9.17) is 4.74 Å². The molecule has 0 amide bonds. The van der Waals surface area contributed by atoms with Gasteiger partial charge in [0.15, 0.2) is 5.78 Å². The Labute approximate surface area is 132 Å². The van der Waals surface area contributed by atoms with Crippen LogP contribution in [-0.2, 0) is 9.53 Å². The number of morpholine rings is 1. The van der Waals surface area contributed by atoms with Gasteiger partial charge in [-0.2, -0.15) is 0 Å². The normalized spacial score (nSPS) is 24.6. The molecule has 1 aliphatic carbocycles. The monoisotopic (exact) mass is 300 g/mol. The lowest BCUT2D eigenvalue weighted by Crippen LogP contribution is -2.36. The fourth-order valence-electron chi connectivity index (χ4n) is 3.03. The molecule has 1 aromatic rings. The van der Waals surface area contributed by atoms with Gasteiger partial charge in [-0.3, -0.25) is 4.79 Å². The van der Waals surface area contributed by atoms with Gasteiger partial charge in [-0.05, 0) is 43.0 Å². The second kappa shape index (κ2) is 6.97. The first-order chi connectivity index (χ1) is 10.7. The number of hydrogen-bond donors (Lipinski definition) is 1. The molecule has 2 aliphatic rings. The fourth-order valence-corrected chi connectivity index (χ4v) is 3.03. The van der Waals surface area contributed by atoms with E-state index < -0.39 is 0 Å². The SMILES string of the molecule is C[C@H]1CCC(=O)/C(=C/Nc2ccc(N3CCOCC3)cc2)C1. The summed E-state index contributed by atoms with van der Waals surface area (Å²) in [5, 5.41) is 3.27. The minimum atomic E-state index is 0.288. The van der Waals surface area contributed by atoms with Crippen molar-refractivity contribution < 1.29 is 9.53 Å². The minimum absolute atomic E-state index is 0.288. The Hall–Kier alpha value is -1.81. The summed E-state index contributed by atoms with van der Waals surface area (Å²) >= 11 is 0. The number of nitrogens with zero attached hydrogens (tertiary/aromatic N) is 1. The second-order valence-corrected chi connectivity index (χ2v) is 6.23. The van der Waals surface area contributed by atoms with Gasteiger partial charge in [0.2, 0.25) is 0 Å². The van der Waals surface area contributed by atoms with E-state index in [0.29, 0.717) is 12.3 Å². The maximum atomic E-state index is 11.9. The number of benzene rings is 1. The van der Waals surface area contributed by atoms with Gasteiger partial charge in [-0.25, -0.2) is 0 Å². The molecule has 0 radical (unpaired) electrons. The van der Waals surface area contributed by atoms with E-state index >= 15 is 0 Å². The van der Waals surface area contributed by atoms with Crippen LogP contribution in [0.1, 0.15) is 26.2 Å². The third kappa shape index (κ3) is 3.69. The molecule has 3 rings (SSSR count). The number of Topliss-reactive ketones (excluding diaryl/α,β-unsaturated/α-hetero) is 1. The van der Waals surface area contributed by atoms with Gasteiger partial charge in [0.25, 0.3) is 0 Å². The van der Waals surface area contributed by atoms with Crippen LogP contribution < -0.4 is 10.2 Å². The molecule has 22 heavy (non-hydrogen) atoms. The Balaban J connectivity index is 1.62. The molecule has 1 saturated heterocycles. The average Bonchev–Trinajstić information content (AvgIpc) is 2.57. The van der Waals surface area contributed by atoms with Crippen LogP contribution in [0.5, 0.6) is 0 Å². The van der Waals surface area contributed by atoms with Crippen molar-refractivity contribution in [2.24, 2.45) is 5.92 Å². The van der Waals surface area contributed by atoms with Crippen molar-refractivity contribution >= 4 is 17.2 Å². The molecule has 1 heterocycles. The first-order valence-electron chi connectivity index (χ1n) is 8.14. The highest BCUT2D eigenvalue weighted by Gasteiger charge is 2.20. The van der Waals surface area contributed by atoms with Gasteiger partial charge < -0.3 is 15.0 Å². The van der Waals surface area contributed by atoms with Crippen LogP contribution in [0.3, 0.4) is 0 Å². The summed E-state index contributed by atoms with van der Waals surface area (Å²) in [6, 6.07) is 8.38. The predicted molar refractivity (Wildman–Crippen MR) is 89.2 cm³/mol. The van der Waals surface area contributed by atoms with E-state index in [9.17, 15) is 4.79 Å². The summed E-state index contributed by atoms with van der Waals surface area (Å²) in [5.41, 5.74) is 3.18.